The average Bonchev–Trinajstić information content (AvgIpc) is 2.59. The van der Waals surface area contributed by atoms with Crippen LogP contribution in [0.5, 0.6) is 0 Å². The molecule has 0 saturated heterocycles. The molecule has 1 saturated carbocycles. The van der Waals surface area contributed by atoms with Crippen molar-refractivity contribution < 1.29 is 9.90 Å². The van der Waals surface area contributed by atoms with Crippen molar-refractivity contribution in [1.82, 2.24) is 4.57 Å². The molecule has 1 aromatic rings. The fourth-order valence-electron chi connectivity index (χ4n) is 2.81. The van der Waals surface area contributed by atoms with Gasteiger partial charge >= 0.3 is 5.97 Å². The molecule has 4 heteroatoms. The summed E-state index contributed by atoms with van der Waals surface area (Å²) >= 11 is 5.92. The summed E-state index contributed by atoms with van der Waals surface area (Å²) in [6.45, 7) is 4.48. The number of aromatic nitrogens is 1. The number of aromatic carboxylic acids is 1. The van der Waals surface area contributed by atoms with Crippen LogP contribution in [0.2, 0.25) is 5.02 Å². The second-order valence-electron chi connectivity index (χ2n) is 5.67. The molecule has 1 N–H and O–H groups in total. The number of carboxylic acid groups (broad SMARTS) is 1. The van der Waals surface area contributed by atoms with Crippen LogP contribution in [0.1, 0.15) is 56.1 Å². The fraction of sp³-hybridized carbons (Fsp3) is 0.615. The number of rotatable bonds is 2. The van der Waals surface area contributed by atoms with Crippen LogP contribution >= 0.6 is 11.6 Å². The van der Waals surface area contributed by atoms with E-state index in [9.17, 15) is 4.79 Å². The second kappa shape index (κ2) is 4.37. The topological polar surface area (TPSA) is 42.2 Å². The fourth-order valence-corrected chi connectivity index (χ4v) is 3.02. The molecule has 0 amide bonds. The smallest absolute Gasteiger partial charge is 0.352 e. The first-order valence-corrected chi connectivity index (χ1v) is 6.37. The Labute approximate surface area is 106 Å². The highest BCUT2D eigenvalue weighted by Gasteiger charge is 2.30. The highest BCUT2D eigenvalue weighted by atomic mass is 35.5. The molecule has 0 radical (unpaired) electrons. The number of nitrogens with zero attached hydrogens (tertiary/aromatic N) is 1. The Bertz CT molecular complexity index is 437. The van der Waals surface area contributed by atoms with Crippen LogP contribution in [0.25, 0.3) is 0 Å². The zero-order chi connectivity index (χ0) is 12.6. The zero-order valence-corrected chi connectivity index (χ0v) is 11.0. The Morgan fingerprint density at radius 2 is 2.29 bits per heavy atom. The van der Waals surface area contributed by atoms with Crippen molar-refractivity contribution in [2.24, 2.45) is 5.41 Å². The van der Waals surface area contributed by atoms with Crippen molar-refractivity contribution in [3.8, 4) is 0 Å². The van der Waals surface area contributed by atoms with Crippen LogP contribution in [-0.4, -0.2) is 15.6 Å². The maximum absolute atomic E-state index is 11.2. The van der Waals surface area contributed by atoms with Crippen LogP contribution < -0.4 is 0 Å². The summed E-state index contributed by atoms with van der Waals surface area (Å²) in [7, 11) is 0. The highest BCUT2D eigenvalue weighted by Crippen LogP contribution is 2.41. The third-order valence-electron chi connectivity index (χ3n) is 3.61. The third kappa shape index (κ3) is 2.65. The van der Waals surface area contributed by atoms with Crippen LogP contribution in [0, 0.1) is 5.41 Å². The number of halogens is 1. The number of hydrogen-bond donors (Lipinski definition) is 1. The van der Waals surface area contributed by atoms with E-state index in [1.165, 1.54) is 12.5 Å². The van der Waals surface area contributed by atoms with Crippen molar-refractivity contribution in [2.75, 3.05) is 0 Å². The minimum absolute atomic E-state index is 0.261. The van der Waals surface area contributed by atoms with Gasteiger partial charge in [0.05, 0.1) is 5.02 Å². The molecule has 3 nitrogen and oxygen atoms in total. The summed E-state index contributed by atoms with van der Waals surface area (Å²) in [5.41, 5.74) is 0.591. The zero-order valence-electron chi connectivity index (χ0n) is 10.2. The van der Waals surface area contributed by atoms with Gasteiger partial charge in [0, 0.05) is 12.2 Å². The lowest BCUT2D eigenvalue weighted by Gasteiger charge is -2.36. The van der Waals surface area contributed by atoms with Gasteiger partial charge in [0.15, 0.2) is 0 Å². The third-order valence-corrected chi connectivity index (χ3v) is 3.81. The molecule has 94 valence electrons. The summed E-state index contributed by atoms with van der Waals surface area (Å²) in [5.74, 6) is -0.903. The van der Waals surface area contributed by atoms with Crippen LogP contribution in [0.15, 0.2) is 12.3 Å². The van der Waals surface area contributed by atoms with Gasteiger partial charge in [-0.1, -0.05) is 31.9 Å². The predicted octanol–water partition coefficient (Wildman–Crippen LogP) is 3.98. The van der Waals surface area contributed by atoms with E-state index < -0.39 is 5.97 Å². The van der Waals surface area contributed by atoms with Crippen molar-refractivity contribution in [2.45, 2.75) is 45.6 Å². The molecular weight excluding hydrogens is 238 g/mol. The highest BCUT2D eigenvalue weighted by molar-refractivity contribution is 6.30. The van der Waals surface area contributed by atoms with E-state index in [-0.39, 0.29) is 11.5 Å². The summed E-state index contributed by atoms with van der Waals surface area (Å²) in [6, 6.07) is 1.79. The molecule has 1 unspecified atom stereocenters. The molecule has 0 spiro atoms. The van der Waals surface area contributed by atoms with Crippen molar-refractivity contribution in [1.29, 1.82) is 0 Å². The number of carboxylic acids is 1. The van der Waals surface area contributed by atoms with Gasteiger partial charge in [0.2, 0.25) is 0 Å². The van der Waals surface area contributed by atoms with E-state index in [2.05, 4.69) is 13.8 Å². The maximum Gasteiger partial charge on any atom is 0.352 e. The number of carbonyl (C=O) groups is 1. The molecule has 0 bridgehead atoms. The SMILES string of the molecule is CC1(C)CCCC(n2cc(Cl)cc2C(=O)O)C1. The second-order valence-corrected chi connectivity index (χ2v) is 6.11. The van der Waals surface area contributed by atoms with E-state index in [0.717, 1.165) is 19.3 Å². The van der Waals surface area contributed by atoms with Gasteiger partial charge in [0.1, 0.15) is 5.69 Å². The Morgan fingerprint density at radius 3 is 2.88 bits per heavy atom. The Kier molecular flexibility index (Phi) is 3.21. The molecule has 0 aromatic carbocycles. The largest absolute Gasteiger partial charge is 0.477 e. The van der Waals surface area contributed by atoms with Crippen LogP contribution in [0.4, 0.5) is 0 Å². The molecule has 1 aromatic heterocycles. The predicted molar refractivity (Wildman–Crippen MR) is 67.7 cm³/mol. The average molecular weight is 256 g/mol. The van der Waals surface area contributed by atoms with Crippen molar-refractivity contribution in [3.63, 3.8) is 0 Å². The quantitative estimate of drug-likeness (QED) is 0.869. The van der Waals surface area contributed by atoms with E-state index in [0.29, 0.717) is 10.7 Å². The van der Waals surface area contributed by atoms with Crippen molar-refractivity contribution in [3.05, 3.63) is 23.0 Å². The monoisotopic (exact) mass is 255 g/mol. The Balaban J connectivity index is 2.30. The first-order valence-electron chi connectivity index (χ1n) is 6.00. The molecule has 1 heterocycles. The summed E-state index contributed by atoms with van der Waals surface area (Å²) < 4.78 is 1.84. The lowest BCUT2D eigenvalue weighted by atomic mass is 9.75. The van der Waals surface area contributed by atoms with Crippen molar-refractivity contribution >= 4 is 17.6 Å². The molecule has 1 aliphatic carbocycles. The minimum atomic E-state index is -0.903. The summed E-state index contributed by atoms with van der Waals surface area (Å²) in [4.78, 5) is 11.2. The first kappa shape index (κ1) is 12.5. The van der Waals surface area contributed by atoms with E-state index in [1.54, 1.807) is 6.20 Å². The van der Waals surface area contributed by atoms with Crippen LogP contribution in [0.3, 0.4) is 0 Å². The van der Waals surface area contributed by atoms with Gasteiger partial charge < -0.3 is 9.67 Å². The normalized spacial score (nSPS) is 23.6. The van der Waals surface area contributed by atoms with Gasteiger partial charge in [-0.3, -0.25) is 0 Å². The summed E-state index contributed by atoms with van der Waals surface area (Å²) in [5, 5.41) is 9.67. The van der Waals surface area contributed by atoms with Gasteiger partial charge in [0.25, 0.3) is 0 Å². The molecule has 1 fully saturated rings. The maximum atomic E-state index is 11.2. The standard InChI is InChI=1S/C13H18ClNO2/c1-13(2)5-3-4-10(7-13)15-8-9(14)6-11(15)12(16)17/h6,8,10H,3-5,7H2,1-2H3,(H,16,17). The molecule has 1 aliphatic rings. The van der Waals surface area contributed by atoms with E-state index in [1.807, 2.05) is 4.57 Å². The molecule has 0 aliphatic heterocycles. The van der Waals surface area contributed by atoms with Gasteiger partial charge in [-0.05, 0) is 30.7 Å². The Morgan fingerprint density at radius 1 is 1.59 bits per heavy atom. The molecule has 17 heavy (non-hydrogen) atoms. The Hall–Kier alpha value is -0.960. The lowest BCUT2D eigenvalue weighted by molar-refractivity contribution is 0.0676. The molecular formula is C13H18ClNO2. The minimum Gasteiger partial charge on any atom is -0.477 e. The summed E-state index contributed by atoms with van der Waals surface area (Å²) in [6.07, 6.45) is 6.15. The molecule has 1 atom stereocenters. The van der Waals surface area contributed by atoms with Gasteiger partial charge in [-0.25, -0.2) is 4.79 Å². The van der Waals surface area contributed by atoms with E-state index in [4.69, 9.17) is 16.7 Å². The van der Waals surface area contributed by atoms with Gasteiger partial charge in [-0.15, -0.1) is 0 Å². The lowest BCUT2D eigenvalue weighted by Crippen LogP contribution is -2.26. The first-order chi connectivity index (χ1) is 7.89. The van der Waals surface area contributed by atoms with Gasteiger partial charge in [-0.2, -0.15) is 0 Å². The number of hydrogen-bond acceptors (Lipinski definition) is 1. The van der Waals surface area contributed by atoms with Crippen LogP contribution in [-0.2, 0) is 0 Å². The molecule has 2 rings (SSSR count). The van der Waals surface area contributed by atoms with E-state index >= 15 is 0 Å².